The number of aromatic nitrogens is 2. The number of rotatable bonds is 6. The molecule has 1 aliphatic heterocycles. The minimum Gasteiger partial charge on any atom is -0.459 e. The molecule has 158 valence electrons. The van der Waals surface area contributed by atoms with Crippen molar-refractivity contribution in [2.45, 2.75) is 26.8 Å². The van der Waals surface area contributed by atoms with E-state index in [1.54, 1.807) is 12.1 Å². The van der Waals surface area contributed by atoms with Gasteiger partial charge in [-0.2, -0.15) is 0 Å². The summed E-state index contributed by atoms with van der Waals surface area (Å²) in [5, 5.41) is 2.72. The average molecular weight is 409 g/mol. The highest BCUT2D eigenvalue weighted by molar-refractivity contribution is 5.91. The highest BCUT2D eigenvalue weighted by atomic mass is 16.3. The summed E-state index contributed by atoms with van der Waals surface area (Å²) in [4.78, 5) is 33.2. The summed E-state index contributed by atoms with van der Waals surface area (Å²) in [5.74, 6) is 0.0287. The van der Waals surface area contributed by atoms with Gasteiger partial charge >= 0.3 is 0 Å². The van der Waals surface area contributed by atoms with Crippen molar-refractivity contribution < 1.29 is 14.0 Å². The van der Waals surface area contributed by atoms with Crippen molar-refractivity contribution in [2.24, 2.45) is 0 Å². The molecule has 0 atom stereocenters. The fourth-order valence-electron chi connectivity index (χ4n) is 3.81. The third-order valence-electron chi connectivity index (χ3n) is 5.55. The van der Waals surface area contributed by atoms with Crippen molar-refractivity contribution in [1.29, 1.82) is 0 Å². The zero-order chi connectivity index (χ0) is 21.1. The zero-order valence-electron chi connectivity index (χ0n) is 17.4. The second kappa shape index (κ2) is 8.71. The largest absolute Gasteiger partial charge is 0.459 e. The first-order valence-electron chi connectivity index (χ1n) is 10.3. The number of nitrogens with zero attached hydrogens (tertiary/aromatic N) is 4. The molecular weight excluding hydrogens is 382 g/mol. The van der Waals surface area contributed by atoms with E-state index in [4.69, 9.17) is 4.42 Å². The van der Waals surface area contributed by atoms with Gasteiger partial charge in [-0.05, 0) is 43.7 Å². The summed E-state index contributed by atoms with van der Waals surface area (Å²) in [5.41, 5.74) is 4.43. The van der Waals surface area contributed by atoms with Crippen LogP contribution in [-0.2, 0) is 11.3 Å². The Morgan fingerprint density at radius 1 is 1.17 bits per heavy atom. The average Bonchev–Trinajstić information content (AvgIpc) is 3.37. The number of hydrogen-bond acceptors (Lipinski definition) is 5. The summed E-state index contributed by atoms with van der Waals surface area (Å²) in [6, 6.07) is 7.45. The van der Waals surface area contributed by atoms with Crippen molar-refractivity contribution >= 4 is 17.5 Å². The number of aryl methyl sites for hydroxylation is 2. The van der Waals surface area contributed by atoms with Crippen LogP contribution >= 0.6 is 0 Å². The van der Waals surface area contributed by atoms with E-state index < -0.39 is 0 Å². The molecule has 3 aromatic heterocycles. The summed E-state index contributed by atoms with van der Waals surface area (Å²) in [6.07, 6.45) is 3.82. The van der Waals surface area contributed by atoms with Gasteiger partial charge in [-0.1, -0.05) is 0 Å². The van der Waals surface area contributed by atoms with Gasteiger partial charge in [0.25, 0.3) is 5.91 Å². The number of piperazine rings is 1. The number of amides is 2. The number of furan rings is 1. The van der Waals surface area contributed by atoms with Gasteiger partial charge in [-0.3, -0.25) is 14.5 Å². The maximum absolute atomic E-state index is 12.5. The number of carbonyl (C=O) groups excluding carboxylic acids is 2. The van der Waals surface area contributed by atoms with Gasteiger partial charge in [0, 0.05) is 51.9 Å². The normalized spacial score (nSPS) is 14.9. The lowest BCUT2D eigenvalue weighted by Gasteiger charge is -2.34. The Bertz CT molecular complexity index is 1030. The quantitative estimate of drug-likeness (QED) is 0.673. The molecule has 0 aromatic carbocycles. The van der Waals surface area contributed by atoms with Crippen LogP contribution in [0.5, 0.6) is 0 Å². The maximum Gasteiger partial charge on any atom is 0.286 e. The molecule has 0 saturated carbocycles. The van der Waals surface area contributed by atoms with E-state index in [2.05, 4.69) is 51.8 Å². The van der Waals surface area contributed by atoms with Gasteiger partial charge < -0.3 is 19.0 Å². The van der Waals surface area contributed by atoms with Crippen LogP contribution in [-0.4, -0.2) is 63.7 Å². The SMILES string of the molecule is Cc1ccn2c(CN3CCN(C(=O)CCNC(=O)c4ccco4)CC3)c(C)nc2c1. The van der Waals surface area contributed by atoms with Crippen molar-refractivity contribution in [2.75, 3.05) is 32.7 Å². The van der Waals surface area contributed by atoms with Crippen LogP contribution < -0.4 is 5.32 Å². The molecule has 0 unspecified atom stereocenters. The number of hydrogen-bond donors (Lipinski definition) is 1. The van der Waals surface area contributed by atoms with Crippen LogP contribution in [0.4, 0.5) is 0 Å². The Morgan fingerprint density at radius 3 is 2.70 bits per heavy atom. The zero-order valence-corrected chi connectivity index (χ0v) is 17.4. The van der Waals surface area contributed by atoms with E-state index in [-0.39, 0.29) is 24.0 Å². The minimum atomic E-state index is -0.295. The Balaban J connectivity index is 1.25. The van der Waals surface area contributed by atoms with Crippen LogP contribution in [0.15, 0.2) is 41.1 Å². The third kappa shape index (κ3) is 4.38. The number of carbonyl (C=O) groups is 2. The Hall–Kier alpha value is -3.13. The van der Waals surface area contributed by atoms with Gasteiger partial charge in [0.1, 0.15) is 5.65 Å². The predicted molar refractivity (Wildman–Crippen MR) is 112 cm³/mol. The second-order valence-corrected chi connectivity index (χ2v) is 7.72. The molecule has 8 nitrogen and oxygen atoms in total. The van der Waals surface area contributed by atoms with Gasteiger partial charge in [0.15, 0.2) is 5.76 Å². The van der Waals surface area contributed by atoms with E-state index in [9.17, 15) is 9.59 Å². The molecule has 4 rings (SSSR count). The summed E-state index contributed by atoms with van der Waals surface area (Å²) >= 11 is 0. The lowest BCUT2D eigenvalue weighted by molar-refractivity contribution is -0.132. The summed E-state index contributed by atoms with van der Waals surface area (Å²) < 4.78 is 7.20. The number of fused-ring (bicyclic) bond motifs is 1. The smallest absolute Gasteiger partial charge is 0.286 e. The fraction of sp³-hybridized carbons (Fsp3) is 0.409. The maximum atomic E-state index is 12.5. The van der Waals surface area contributed by atoms with Crippen LogP contribution in [0.3, 0.4) is 0 Å². The molecule has 3 aromatic rings. The minimum absolute atomic E-state index is 0.0656. The third-order valence-corrected chi connectivity index (χ3v) is 5.55. The van der Waals surface area contributed by atoms with E-state index >= 15 is 0 Å². The Kier molecular flexibility index (Phi) is 5.85. The first kappa shape index (κ1) is 20.2. The van der Waals surface area contributed by atoms with Crippen LogP contribution in [0.1, 0.15) is 33.9 Å². The summed E-state index contributed by atoms with van der Waals surface area (Å²) in [6.45, 7) is 8.28. The highest BCUT2D eigenvalue weighted by Crippen LogP contribution is 2.17. The van der Waals surface area contributed by atoms with Gasteiger partial charge in [0.2, 0.25) is 5.91 Å². The van der Waals surface area contributed by atoms with Crippen molar-refractivity contribution in [3.63, 3.8) is 0 Å². The van der Waals surface area contributed by atoms with Crippen molar-refractivity contribution in [3.05, 3.63) is 59.4 Å². The van der Waals surface area contributed by atoms with E-state index in [0.717, 1.165) is 31.0 Å². The predicted octanol–water partition coefficient (Wildman–Crippen LogP) is 2.01. The lowest BCUT2D eigenvalue weighted by atomic mass is 10.2. The van der Waals surface area contributed by atoms with Crippen molar-refractivity contribution in [3.8, 4) is 0 Å². The standard InChI is InChI=1S/C22H27N5O3/c1-16-6-8-27-18(17(2)24-20(27)14-16)15-25-9-11-26(12-10-25)21(28)5-7-23-22(29)19-4-3-13-30-19/h3-4,6,8,13-14H,5,7,9-12,15H2,1-2H3,(H,23,29). The van der Waals surface area contributed by atoms with E-state index in [0.29, 0.717) is 19.6 Å². The second-order valence-electron chi connectivity index (χ2n) is 7.72. The number of imidazole rings is 1. The molecule has 0 aliphatic carbocycles. The Labute approximate surface area is 175 Å². The molecule has 1 aliphatic rings. The number of nitrogens with one attached hydrogen (secondary N) is 1. The fourth-order valence-corrected chi connectivity index (χ4v) is 3.81. The molecule has 4 heterocycles. The van der Waals surface area contributed by atoms with Gasteiger partial charge in [-0.15, -0.1) is 0 Å². The first-order chi connectivity index (χ1) is 14.5. The van der Waals surface area contributed by atoms with Gasteiger partial charge in [0.05, 0.1) is 17.7 Å². The monoisotopic (exact) mass is 409 g/mol. The molecule has 8 heteroatoms. The summed E-state index contributed by atoms with van der Waals surface area (Å²) in [7, 11) is 0. The van der Waals surface area contributed by atoms with E-state index in [1.807, 2.05) is 4.90 Å². The van der Waals surface area contributed by atoms with Crippen LogP contribution in [0.25, 0.3) is 5.65 Å². The van der Waals surface area contributed by atoms with Crippen molar-refractivity contribution in [1.82, 2.24) is 24.5 Å². The van der Waals surface area contributed by atoms with Gasteiger partial charge in [-0.25, -0.2) is 4.98 Å². The molecule has 30 heavy (non-hydrogen) atoms. The molecule has 0 radical (unpaired) electrons. The Morgan fingerprint density at radius 2 is 1.97 bits per heavy atom. The lowest BCUT2D eigenvalue weighted by Crippen LogP contribution is -2.49. The molecule has 1 N–H and O–H groups in total. The number of pyridine rings is 1. The van der Waals surface area contributed by atoms with E-state index in [1.165, 1.54) is 17.5 Å². The molecular formula is C22H27N5O3. The topological polar surface area (TPSA) is 83.1 Å². The molecule has 0 spiro atoms. The molecule has 0 bridgehead atoms. The molecule has 1 fully saturated rings. The molecule has 2 amide bonds. The molecule has 1 saturated heterocycles. The van der Waals surface area contributed by atoms with Crippen LogP contribution in [0, 0.1) is 13.8 Å². The highest BCUT2D eigenvalue weighted by Gasteiger charge is 2.22. The first-order valence-corrected chi connectivity index (χ1v) is 10.3. The van der Waals surface area contributed by atoms with Crippen LogP contribution in [0.2, 0.25) is 0 Å².